The molecule has 10 heteroatoms. The van der Waals surface area contributed by atoms with Gasteiger partial charge in [0.15, 0.2) is 5.17 Å². The maximum absolute atomic E-state index is 12.6. The van der Waals surface area contributed by atoms with Gasteiger partial charge in [-0.2, -0.15) is 18.3 Å². The molecule has 2 rings (SSSR count). The first-order valence-corrected chi connectivity index (χ1v) is 7.11. The van der Waals surface area contributed by atoms with Gasteiger partial charge in [0.25, 0.3) is 0 Å². The highest BCUT2D eigenvalue weighted by atomic mass is 32.2. The number of hydrogen-bond donors (Lipinski definition) is 2. The highest BCUT2D eigenvalue weighted by Gasteiger charge is 2.32. The molecule has 23 heavy (non-hydrogen) atoms. The van der Waals surface area contributed by atoms with Gasteiger partial charge in [0, 0.05) is 0 Å². The molecule has 0 radical (unpaired) electrons. The van der Waals surface area contributed by atoms with Crippen LogP contribution in [0.15, 0.2) is 34.5 Å². The van der Waals surface area contributed by atoms with E-state index >= 15 is 0 Å². The second-order valence-electron chi connectivity index (χ2n) is 4.47. The molecule has 0 aromatic heterocycles. The van der Waals surface area contributed by atoms with E-state index in [1.165, 1.54) is 12.1 Å². The van der Waals surface area contributed by atoms with E-state index < -0.39 is 28.9 Å². The smallest absolute Gasteiger partial charge is 0.416 e. The van der Waals surface area contributed by atoms with Crippen LogP contribution in [0, 0.1) is 0 Å². The van der Waals surface area contributed by atoms with Gasteiger partial charge in [-0.15, -0.1) is 5.10 Å². The number of halogens is 3. The zero-order chi connectivity index (χ0) is 17.0. The Bertz CT molecular complexity index is 689. The van der Waals surface area contributed by atoms with Crippen LogP contribution in [0.5, 0.6) is 0 Å². The van der Waals surface area contributed by atoms with Crippen LogP contribution in [0.3, 0.4) is 0 Å². The molecule has 1 aliphatic heterocycles. The summed E-state index contributed by atoms with van der Waals surface area (Å²) in [5.41, 5.74) is -0.611. The molecule has 1 fully saturated rings. The minimum absolute atomic E-state index is 0.101. The fourth-order valence-electron chi connectivity index (χ4n) is 1.69. The summed E-state index contributed by atoms with van der Waals surface area (Å²) in [6.45, 7) is 0. The van der Waals surface area contributed by atoms with Crippen molar-refractivity contribution in [1.29, 1.82) is 0 Å². The van der Waals surface area contributed by atoms with Gasteiger partial charge in [0.2, 0.25) is 5.91 Å². The molecule has 0 unspecified atom stereocenters. The summed E-state index contributed by atoms with van der Waals surface area (Å²) in [5, 5.41) is 17.6. The zero-order valence-electron chi connectivity index (χ0n) is 11.4. The fourth-order valence-corrected chi connectivity index (χ4v) is 2.60. The Morgan fingerprint density at radius 2 is 2.17 bits per heavy atom. The van der Waals surface area contributed by atoms with Crippen molar-refractivity contribution >= 4 is 35.0 Å². The Hall–Kier alpha value is -2.36. The summed E-state index contributed by atoms with van der Waals surface area (Å²) in [6, 6.07) is 4.52. The van der Waals surface area contributed by atoms with E-state index in [0.717, 1.165) is 30.1 Å². The van der Waals surface area contributed by atoms with Crippen molar-refractivity contribution in [2.45, 2.75) is 17.8 Å². The normalized spacial score (nSPS) is 20.2. The number of benzene rings is 1. The lowest BCUT2D eigenvalue weighted by molar-refractivity contribution is -0.138. The molecule has 1 aromatic rings. The van der Waals surface area contributed by atoms with Crippen LogP contribution < -0.4 is 5.32 Å². The van der Waals surface area contributed by atoms with Crippen LogP contribution in [0.1, 0.15) is 17.5 Å². The van der Waals surface area contributed by atoms with Crippen LogP contribution in [0.25, 0.3) is 0 Å². The van der Waals surface area contributed by atoms with E-state index in [9.17, 15) is 22.8 Å². The lowest BCUT2D eigenvalue weighted by atomic mass is 10.1. The highest BCUT2D eigenvalue weighted by molar-refractivity contribution is 8.15. The summed E-state index contributed by atoms with van der Waals surface area (Å²) in [6.07, 6.45) is -3.69. The fraction of sp³-hybridized carbons (Fsp3) is 0.231. The molecule has 122 valence electrons. The molecule has 0 bridgehead atoms. The lowest BCUT2D eigenvalue weighted by Gasteiger charge is -2.06. The summed E-state index contributed by atoms with van der Waals surface area (Å²) < 4.78 is 37.7. The maximum Gasteiger partial charge on any atom is 0.416 e. The molecule has 0 aliphatic carbocycles. The molecule has 1 aliphatic rings. The number of amides is 1. The molecule has 1 atom stereocenters. The number of carbonyl (C=O) groups excluding carboxylic acids is 1. The molecular weight excluding hydrogens is 335 g/mol. The third-order valence-corrected chi connectivity index (χ3v) is 3.78. The van der Waals surface area contributed by atoms with Gasteiger partial charge in [0.05, 0.1) is 18.2 Å². The van der Waals surface area contributed by atoms with Crippen molar-refractivity contribution in [2.24, 2.45) is 10.2 Å². The summed E-state index contributed by atoms with van der Waals surface area (Å²) in [4.78, 5) is 22.0. The molecular formula is C13H10F3N3O3S. The van der Waals surface area contributed by atoms with Crippen LogP contribution in [-0.2, 0) is 15.8 Å². The number of amidine groups is 1. The van der Waals surface area contributed by atoms with E-state index in [2.05, 4.69) is 15.5 Å². The maximum atomic E-state index is 12.6. The predicted molar refractivity (Wildman–Crippen MR) is 78.2 cm³/mol. The van der Waals surface area contributed by atoms with E-state index in [-0.39, 0.29) is 17.2 Å². The SMILES string of the molecule is O=C(O)C[C@@H]1S/C(=N\N=C/c2cccc(C(F)(F)F)c2)NC1=O. The third kappa shape index (κ3) is 4.81. The molecule has 1 heterocycles. The first kappa shape index (κ1) is 17.0. The average Bonchev–Trinajstić information content (AvgIpc) is 2.78. The Labute approximate surface area is 132 Å². The van der Waals surface area contributed by atoms with Crippen molar-refractivity contribution in [3.8, 4) is 0 Å². The first-order valence-electron chi connectivity index (χ1n) is 6.23. The number of alkyl halides is 3. The Morgan fingerprint density at radius 3 is 2.83 bits per heavy atom. The van der Waals surface area contributed by atoms with E-state index in [4.69, 9.17) is 5.11 Å². The number of nitrogens with one attached hydrogen (secondary N) is 1. The second-order valence-corrected chi connectivity index (χ2v) is 5.66. The third-order valence-electron chi connectivity index (χ3n) is 2.71. The number of carboxylic acid groups (broad SMARTS) is 1. The average molecular weight is 345 g/mol. The van der Waals surface area contributed by atoms with Gasteiger partial charge in [-0.25, -0.2) is 0 Å². The Balaban J connectivity index is 2.04. The van der Waals surface area contributed by atoms with Crippen molar-refractivity contribution < 1.29 is 27.9 Å². The zero-order valence-corrected chi connectivity index (χ0v) is 12.2. The number of carbonyl (C=O) groups is 2. The van der Waals surface area contributed by atoms with Gasteiger partial charge in [-0.1, -0.05) is 23.9 Å². The van der Waals surface area contributed by atoms with E-state index in [1.54, 1.807) is 0 Å². The monoisotopic (exact) mass is 345 g/mol. The number of aliphatic carboxylic acids is 1. The van der Waals surface area contributed by atoms with Crippen LogP contribution in [0.2, 0.25) is 0 Å². The Kier molecular flexibility index (Phi) is 5.04. The Morgan fingerprint density at radius 1 is 1.43 bits per heavy atom. The van der Waals surface area contributed by atoms with Gasteiger partial charge >= 0.3 is 12.1 Å². The number of thioether (sulfide) groups is 1. The summed E-state index contributed by atoms with van der Waals surface area (Å²) in [7, 11) is 0. The lowest BCUT2D eigenvalue weighted by Crippen LogP contribution is -2.26. The van der Waals surface area contributed by atoms with Crippen LogP contribution >= 0.6 is 11.8 Å². The number of nitrogens with zero attached hydrogens (tertiary/aromatic N) is 2. The first-order chi connectivity index (χ1) is 10.8. The van der Waals surface area contributed by atoms with Crippen molar-refractivity contribution in [2.75, 3.05) is 0 Å². The van der Waals surface area contributed by atoms with Gasteiger partial charge in [0.1, 0.15) is 5.25 Å². The van der Waals surface area contributed by atoms with Gasteiger partial charge in [-0.05, 0) is 17.7 Å². The van der Waals surface area contributed by atoms with Crippen molar-refractivity contribution in [1.82, 2.24) is 5.32 Å². The number of hydrogen-bond acceptors (Lipinski definition) is 5. The minimum atomic E-state index is -4.45. The highest BCUT2D eigenvalue weighted by Crippen LogP contribution is 2.29. The quantitative estimate of drug-likeness (QED) is 0.646. The van der Waals surface area contributed by atoms with Crippen LogP contribution in [-0.4, -0.2) is 33.6 Å². The van der Waals surface area contributed by atoms with Gasteiger partial charge < -0.3 is 10.4 Å². The topological polar surface area (TPSA) is 91.1 Å². The molecule has 6 nitrogen and oxygen atoms in total. The molecule has 1 amide bonds. The van der Waals surface area contributed by atoms with Gasteiger partial charge in [-0.3, -0.25) is 9.59 Å². The summed E-state index contributed by atoms with van der Waals surface area (Å²) >= 11 is 0.904. The number of rotatable bonds is 4. The molecule has 0 spiro atoms. The molecule has 1 saturated heterocycles. The molecule has 2 N–H and O–H groups in total. The van der Waals surface area contributed by atoms with E-state index in [1.807, 2.05) is 0 Å². The van der Waals surface area contributed by atoms with Crippen molar-refractivity contribution in [3.05, 3.63) is 35.4 Å². The van der Waals surface area contributed by atoms with Crippen LogP contribution in [0.4, 0.5) is 13.2 Å². The predicted octanol–water partition coefficient (Wildman–Crippen LogP) is 2.10. The largest absolute Gasteiger partial charge is 0.481 e. The van der Waals surface area contributed by atoms with Crippen molar-refractivity contribution in [3.63, 3.8) is 0 Å². The molecule has 0 saturated carbocycles. The standard InChI is InChI=1S/C13H10F3N3O3S/c14-13(15,16)8-3-1-2-7(4-8)6-17-19-12-18-11(22)9(23-12)5-10(20)21/h1-4,6,9H,5H2,(H,20,21)(H,18,19,22)/b17-6-/t9-/m0/s1. The second kappa shape index (κ2) is 6.82. The number of carboxylic acids is 1. The van der Waals surface area contributed by atoms with E-state index in [0.29, 0.717) is 0 Å². The summed E-state index contributed by atoms with van der Waals surface area (Å²) in [5.74, 6) is -1.61. The minimum Gasteiger partial charge on any atom is -0.481 e. The molecule has 1 aromatic carbocycles.